The van der Waals surface area contributed by atoms with Gasteiger partial charge in [-0.2, -0.15) is 0 Å². The van der Waals surface area contributed by atoms with E-state index in [-0.39, 0.29) is 5.91 Å². The standard InChI is InChI=1S/C9H16N2O/c1-8(9(10)12)7-11-5-3-2-4-6-11/h7H,2-6H2,1H3,(H2,10,12)/b8-7+. The van der Waals surface area contributed by atoms with E-state index < -0.39 is 0 Å². The SMILES string of the molecule is C/C(=C\N1CCCCC1)C(N)=O. The molecule has 0 spiro atoms. The summed E-state index contributed by atoms with van der Waals surface area (Å²) < 4.78 is 0. The van der Waals surface area contributed by atoms with Gasteiger partial charge in [-0.15, -0.1) is 0 Å². The number of piperidine rings is 1. The number of amides is 1. The molecule has 0 unspecified atom stereocenters. The monoisotopic (exact) mass is 168 g/mol. The maximum atomic E-state index is 10.7. The van der Waals surface area contributed by atoms with Crippen molar-refractivity contribution < 1.29 is 4.79 Å². The summed E-state index contributed by atoms with van der Waals surface area (Å²) in [5.74, 6) is -0.319. The van der Waals surface area contributed by atoms with E-state index >= 15 is 0 Å². The lowest BCUT2D eigenvalue weighted by molar-refractivity contribution is -0.114. The van der Waals surface area contributed by atoms with Gasteiger partial charge in [0.05, 0.1) is 0 Å². The van der Waals surface area contributed by atoms with Gasteiger partial charge in [0.2, 0.25) is 5.91 Å². The third-order valence-corrected chi connectivity index (χ3v) is 2.16. The molecule has 1 fully saturated rings. The van der Waals surface area contributed by atoms with E-state index in [4.69, 9.17) is 5.73 Å². The molecule has 3 heteroatoms. The predicted molar refractivity (Wildman–Crippen MR) is 48.4 cm³/mol. The van der Waals surface area contributed by atoms with Crippen molar-refractivity contribution in [2.45, 2.75) is 26.2 Å². The summed E-state index contributed by atoms with van der Waals surface area (Å²) >= 11 is 0. The summed E-state index contributed by atoms with van der Waals surface area (Å²) in [6, 6.07) is 0. The highest BCUT2D eigenvalue weighted by molar-refractivity contribution is 5.91. The van der Waals surface area contributed by atoms with Crippen LogP contribution in [0.5, 0.6) is 0 Å². The smallest absolute Gasteiger partial charge is 0.245 e. The summed E-state index contributed by atoms with van der Waals surface area (Å²) in [7, 11) is 0. The first-order valence-electron chi connectivity index (χ1n) is 4.42. The Hall–Kier alpha value is -0.990. The van der Waals surface area contributed by atoms with Crippen molar-refractivity contribution >= 4 is 5.91 Å². The van der Waals surface area contributed by atoms with Gasteiger partial charge in [0.1, 0.15) is 0 Å². The second-order valence-electron chi connectivity index (χ2n) is 3.27. The van der Waals surface area contributed by atoms with Crippen LogP contribution in [0.15, 0.2) is 11.8 Å². The first-order chi connectivity index (χ1) is 5.70. The van der Waals surface area contributed by atoms with Gasteiger partial charge in [-0.05, 0) is 26.2 Å². The van der Waals surface area contributed by atoms with Gasteiger partial charge in [-0.1, -0.05) is 0 Å². The summed E-state index contributed by atoms with van der Waals surface area (Å²) in [6.07, 6.45) is 5.63. The molecule has 0 radical (unpaired) electrons. The molecular formula is C9H16N2O. The van der Waals surface area contributed by atoms with Gasteiger partial charge in [0, 0.05) is 24.9 Å². The van der Waals surface area contributed by atoms with Crippen molar-refractivity contribution in [3.8, 4) is 0 Å². The third-order valence-electron chi connectivity index (χ3n) is 2.16. The highest BCUT2D eigenvalue weighted by atomic mass is 16.1. The van der Waals surface area contributed by atoms with Crippen LogP contribution in [0, 0.1) is 0 Å². The molecule has 1 amide bonds. The Morgan fingerprint density at radius 1 is 1.33 bits per heavy atom. The molecule has 0 atom stereocenters. The van der Waals surface area contributed by atoms with Crippen LogP contribution in [-0.2, 0) is 4.79 Å². The van der Waals surface area contributed by atoms with Crippen molar-refractivity contribution in [3.05, 3.63) is 11.8 Å². The average Bonchev–Trinajstić information content (AvgIpc) is 2.06. The number of primary amides is 1. The zero-order chi connectivity index (χ0) is 8.97. The molecule has 1 aliphatic heterocycles. The van der Waals surface area contributed by atoms with Gasteiger partial charge in [0.15, 0.2) is 0 Å². The van der Waals surface area contributed by atoms with E-state index in [2.05, 4.69) is 4.90 Å². The van der Waals surface area contributed by atoms with Crippen molar-refractivity contribution in [1.82, 2.24) is 4.90 Å². The zero-order valence-electron chi connectivity index (χ0n) is 7.55. The normalized spacial score (nSPS) is 19.4. The van der Waals surface area contributed by atoms with Crippen LogP contribution in [0.2, 0.25) is 0 Å². The Balaban J connectivity index is 2.47. The van der Waals surface area contributed by atoms with E-state index in [1.165, 1.54) is 19.3 Å². The van der Waals surface area contributed by atoms with Crippen LogP contribution in [0.4, 0.5) is 0 Å². The first kappa shape index (κ1) is 9.10. The Morgan fingerprint density at radius 3 is 2.42 bits per heavy atom. The van der Waals surface area contributed by atoms with Crippen molar-refractivity contribution in [2.24, 2.45) is 5.73 Å². The van der Waals surface area contributed by atoms with Crippen molar-refractivity contribution in [1.29, 1.82) is 0 Å². The fraction of sp³-hybridized carbons (Fsp3) is 0.667. The minimum atomic E-state index is -0.319. The van der Waals surface area contributed by atoms with Crippen LogP contribution < -0.4 is 5.73 Å². The number of nitrogens with zero attached hydrogens (tertiary/aromatic N) is 1. The van der Waals surface area contributed by atoms with E-state index in [1.807, 2.05) is 6.20 Å². The second kappa shape index (κ2) is 4.14. The molecule has 1 saturated heterocycles. The molecule has 0 bridgehead atoms. The minimum absolute atomic E-state index is 0.319. The number of carbonyl (C=O) groups is 1. The fourth-order valence-electron chi connectivity index (χ4n) is 1.38. The number of likely N-dealkylation sites (tertiary alicyclic amines) is 1. The molecule has 0 saturated carbocycles. The molecule has 1 heterocycles. The van der Waals surface area contributed by atoms with E-state index in [9.17, 15) is 4.79 Å². The predicted octanol–water partition coefficient (Wildman–Crippen LogP) is 0.861. The van der Waals surface area contributed by atoms with E-state index in [1.54, 1.807) is 6.92 Å². The lowest BCUT2D eigenvalue weighted by Crippen LogP contribution is -2.26. The number of carbonyl (C=O) groups excluding carboxylic acids is 1. The first-order valence-corrected chi connectivity index (χ1v) is 4.42. The maximum absolute atomic E-state index is 10.7. The second-order valence-corrected chi connectivity index (χ2v) is 3.27. The molecule has 0 aromatic heterocycles. The highest BCUT2D eigenvalue weighted by Crippen LogP contribution is 2.09. The third kappa shape index (κ3) is 2.57. The number of hydrogen-bond donors (Lipinski definition) is 1. The van der Waals surface area contributed by atoms with Crippen LogP contribution in [0.3, 0.4) is 0 Å². The lowest BCUT2D eigenvalue weighted by atomic mass is 10.1. The molecule has 3 nitrogen and oxygen atoms in total. The number of hydrogen-bond acceptors (Lipinski definition) is 2. The van der Waals surface area contributed by atoms with Crippen LogP contribution in [0.25, 0.3) is 0 Å². The fourth-order valence-corrected chi connectivity index (χ4v) is 1.38. The van der Waals surface area contributed by atoms with Gasteiger partial charge in [0.25, 0.3) is 0 Å². The summed E-state index contributed by atoms with van der Waals surface area (Å²) in [5, 5.41) is 0. The zero-order valence-corrected chi connectivity index (χ0v) is 7.55. The van der Waals surface area contributed by atoms with Crippen LogP contribution in [-0.4, -0.2) is 23.9 Å². The van der Waals surface area contributed by atoms with Gasteiger partial charge >= 0.3 is 0 Å². The maximum Gasteiger partial charge on any atom is 0.245 e. The molecule has 68 valence electrons. The summed E-state index contributed by atoms with van der Waals surface area (Å²) in [5.41, 5.74) is 5.77. The number of nitrogens with two attached hydrogens (primary N) is 1. The van der Waals surface area contributed by atoms with Crippen molar-refractivity contribution in [3.63, 3.8) is 0 Å². The van der Waals surface area contributed by atoms with Crippen LogP contribution >= 0.6 is 0 Å². The molecule has 12 heavy (non-hydrogen) atoms. The topological polar surface area (TPSA) is 46.3 Å². The Bertz CT molecular complexity index is 193. The molecule has 1 aliphatic rings. The molecule has 1 rings (SSSR count). The molecular weight excluding hydrogens is 152 g/mol. The summed E-state index contributed by atoms with van der Waals surface area (Å²) in [6.45, 7) is 3.88. The Labute approximate surface area is 73.2 Å². The van der Waals surface area contributed by atoms with Gasteiger partial charge in [-0.25, -0.2) is 0 Å². The minimum Gasteiger partial charge on any atom is -0.377 e. The number of rotatable bonds is 2. The Morgan fingerprint density at radius 2 is 1.92 bits per heavy atom. The quantitative estimate of drug-likeness (QED) is 0.622. The van der Waals surface area contributed by atoms with E-state index in [0.717, 1.165) is 13.1 Å². The average molecular weight is 168 g/mol. The Kier molecular flexibility index (Phi) is 3.14. The van der Waals surface area contributed by atoms with Crippen molar-refractivity contribution in [2.75, 3.05) is 13.1 Å². The highest BCUT2D eigenvalue weighted by Gasteiger charge is 2.07. The lowest BCUT2D eigenvalue weighted by Gasteiger charge is -2.25. The van der Waals surface area contributed by atoms with E-state index in [0.29, 0.717) is 5.57 Å². The summed E-state index contributed by atoms with van der Waals surface area (Å²) in [4.78, 5) is 12.9. The molecule has 2 N–H and O–H groups in total. The molecule has 0 aromatic rings. The molecule has 0 aromatic carbocycles. The van der Waals surface area contributed by atoms with Gasteiger partial charge < -0.3 is 10.6 Å². The van der Waals surface area contributed by atoms with Crippen LogP contribution in [0.1, 0.15) is 26.2 Å². The largest absolute Gasteiger partial charge is 0.377 e. The molecule has 0 aliphatic carbocycles. The van der Waals surface area contributed by atoms with Gasteiger partial charge in [-0.3, -0.25) is 4.79 Å².